The molecule has 0 aromatic heterocycles. The maximum Gasteiger partial charge on any atom is 0.279 e. The van der Waals surface area contributed by atoms with E-state index in [1.807, 2.05) is 25.1 Å². The van der Waals surface area contributed by atoms with Gasteiger partial charge in [-0.1, -0.05) is 17.7 Å². The normalized spacial score (nSPS) is 16.9. The third kappa shape index (κ3) is 4.22. The Morgan fingerprint density at radius 3 is 2.63 bits per heavy atom. The molecular weight excluding hydrogens is 260 g/mol. The highest BCUT2D eigenvalue weighted by atomic mass is 35.5. The van der Waals surface area contributed by atoms with Crippen LogP contribution >= 0.6 is 11.6 Å². The lowest BCUT2D eigenvalue weighted by atomic mass is 10.2. The number of carbonyl (C=O) groups is 1. The van der Waals surface area contributed by atoms with Crippen LogP contribution in [0.2, 0.25) is 5.02 Å². The zero-order valence-electron chi connectivity index (χ0n) is 11.5. The second-order valence-corrected chi connectivity index (χ2v) is 5.71. The second kappa shape index (κ2) is 6.92. The van der Waals surface area contributed by atoms with E-state index in [2.05, 4.69) is 5.32 Å². The highest BCUT2D eigenvalue weighted by Gasteiger charge is 2.16. The number of anilines is 1. The molecule has 0 atom stereocenters. The molecule has 0 unspecified atom stereocenters. The third-order valence-electron chi connectivity index (χ3n) is 3.76. The first-order chi connectivity index (χ1) is 9.16. The molecule has 0 radical (unpaired) electrons. The van der Waals surface area contributed by atoms with Crippen LogP contribution in [-0.2, 0) is 4.79 Å². The number of nitrogens with one attached hydrogen (secondary N) is 2. The van der Waals surface area contributed by atoms with E-state index >= 15 is 0 Å². The summed E-state index contributed by atoms with van der Waals surface area (Å²) in [6.45, 7) is 4.71. The van der Waals surface area contributed by atoms with E-state index in [-0.39, 0.29) is 5.91 Å². The maximum absolute atomic E-state index is 12.1. The van der Waals surface area contributed by atoms with E-state index < -0.39 is 0 Å². The molecule has 1 aromatic carbocycles. The van der Waals surface area contributed by atoms with Crippen LogP contribution in [0.15, 0.2) is 18.2 Å². The zero-order chi connectivity index (χ0) is 13.7. The summed E-state index contributed by atoms with van der Waals surface area (Å²) >= 11 is 6.05. The fraction of sp³-hybridized carbons (Fsp3) is 0.533. The molecule has 104 valence electrons. The largest absolute Gasteiger partial charge is 0.327 e. The number of carbonyl (C=O) groups excluding carboxylic acids is 1. The molecule has 0 saturated carbocycles. The average Bonchev–Trinajstić information content (AvgIpc) is 2.63. The Bertz CT molecular complexity index is 440. The fourth-order valence-corrected chi connectivity index (χ4v) is 2.74. The van der Waals surface area contributed by atoms with Gasteiger partial charge >= 0.3 is 0 Å². The molecule has 1 saturated heterocycles. The summed E-state index contributed by atoms with van der Waals surface area (Å²) < 4.78 is 0. The van der Waals surface area contributed by atoms with Crippen molar-refractivity contribution < 1.29 is 9.69 Å². The van der Waals surface area contributed by atoms with Crippen LogP contribution in [-0.4, -0.2) is 25.5 Å². The van der Waals surface area contributed by atoms with Crippen molar-refractivity contribution in [2.75, 3.05) is 25.0 Å². The van der Waals surface area contributed by atoms with Gasteiger partial charge in [0.25, 0.3) is 5.91 Å². The van der Waals surface area contributed by atoms with Crippen molar-refractivity contribution in [3.63, 3.8) is 0 Å². The molecule has 2 N–H and O–H groups in total. The number of likely N-dealkylation sites (tertiary alicyclic amines) is 1. The van der Waals surface area contributed by atoms with E-state index in [0.717, 1.165) is 24.3 Å². The first kappa shape index (κ1) is 14.4. The Kier molecular flexibility index (Phi) is 5.23. The fourth-order valence-electron chi connectivity index (χ4n) is 2.57. The summed E-state index contributed by atoms with van der Waals surface area (Å²) in [5.74, 6) is 0.0854. The first-order valence-corrected chi connectivity index (χ1v) is 7.43. The van der Waals surface area contributed by atoms with Gasteiger partial charge in [0.2, 0.25) is 0 Å². The molecular formula is C15H22ClN2O+. The molecule has 3 nitrogen and oxygen atoms in total. The van der Waals surface area contributed by atoms with Crippen LogP contribution < -0.4 is 10.2 Å². The van der Waals surface area contributed by atoms with Gasteiger partial charge in [-0.3, -0.25) is 4.79 Å². The summed E-state index contributed by atoms with van der Waals surface area (Å²) in [5.41, 5.74) is 1.76. The predicted molar refractivity (Wildman–Crippen MR) is 78.9 cm³/mol. The number of quaternary nitrogens is 1. The van der Waals surface area contributed by atoms with Gasteiger partial charge in [0.15, 0.2) is 6.54 Å². The van der Waals surface area contributed by atoms with Crippen LogP contribution in [0.4, 0.5) is 5.69 Å². The molecule has 0 spiro atoms. The molecule has 1 aliphatic rings. The number of halogens is 1. The third-order valence-corrected chi connectivity index (χ3v) is 4.17. The number of amides is 1. The minimum atomic E-state index is 0.0854. The maximum atomic E-state index is 12.1. The Labute approximate surface area is 119 Å². The Morgan fingerprint density at radius 1 is 1.26 bits per heavy atom. The van der Waals surface area contributed by atoms with Crippen molar-refractivity contribution in [1.82, 2.24) is 0 Å². The summed E-state index contributed by atoms with van der Waals surface area (Å²) in [7, 11) is 0. The molecule has 2 rings (SSSR count). The SMILES string of the molecule is Cc1c(Cl)cccc1NC(=O)C[NH+]1CCCCCC1. The molecule has 1 aliphatic heterocycles. The zero-order valence-corrected chi connectivity index (χ0v) is 12.2. The van der Waals surface area contributed by atoms with E-state index in [0.29, 0.717) is 11.6 Å². The topological polar surface area (TPSA) is 33.5 Å². The van der Waals surface area contributed by atoms with E-state index in [9.17, 15) is 4.79 Å². The highest BCUT2D eigenvalue weighted by molar-refractivity contribution is 6.31. The van der Waals surface area contributed by atoms with Crippen LogP contribution in [0.1, 0.15) is 31.2 Å². The minimum absolute atomic E-state index is 0.0854. The lowest BCUT2D eigenvalue weighted by Crippen LogP contribution is -3.12. The smallest absolute Gasteiger partial charge is 0.279 e. The number of rotatable bonds is 3. The Balaban J connectivity index is 1.91. The number of hydrogen-bond donors (Lipinski definition) is 2. The number of hydrogen-bond acceptors (Lipinski definition) is 1. The molecule has 0 aliphatic carbocycles. The Hall–Kier alpha value is -1.06. The number of benzene rings is 1. The summed E-state index contributed by atoms with van der Waals surface area (Å²) in [6.07, 6.45) is 5.08. The van der Waals surface area contributed by atoms with Gasteiger partial charge in [-0.2, -0.15) is 0 Å². The van der Waals surface area contributed by atoms with Gasteiger partial charge in [0.05, 0.1) is 13.1 Å². The minimum Gasteiger partial charge on any atom is -0.327 e. The van der Waals surface area contributed by atoms with Crippen molar-refractivity contribution in [1.29, 1.82) is 0 Å². The van der Waals surface area contributed by atoms with Gasteiger partial charge in [-0.15, -0.1) is 0 Å². The second-order valence-electron chi connectivity index (χ2n) is 5.30. The predicted octanol–water partition coefficient (Wildman–Crippen LogP) is 2.05. The van der Waals surface area contributed by atoms with Crippen molar-refractivity contribution in [2.24, 2.45) is 0 Å². The van der Waals surface area contributed by atoms with Crippen molar-refractivity contribution in [2.45, 2.75) is 32.6 Å². The summed E-state index contributed by atoms with van der Waals surface area (Å²) in [6, 6.07) is 5.60. The molecule has 1 fully saturated rings. The van der Waals surface area contributed by atoms with Gasteiger partial charge in [-0.25, -0.2) is 0 Å². The molecule has 1 aromatic rings. The van der Waals surface area contributed by atoms with Gasteiger partial charge < -0.3 is 10.2 Å². The lowest BCUT2D eigenvalue weighted by molar-refractivity contribution is -0.890. The van der Waals surface area contributed by atoms with E-state index in [1.54, 1.807) is 0 Å². The lowest BCUT2D eigenvalue weighted by Gasteiger charge is -2.17. The van der Waals surface area contributed by atoms with Crippen molar-refractivity contribution in [3.8, 4) is 0 Å². The van der Waals surface area contributed by atoms with Gasteiger partial charge in [0, 0.05) is 10.7 Å². The van der Waals surface area contributed by atoms with Crippen LogP contribution in [0.25, 0.3) is 0 Å². The average molecular weight is 282 g/mol. The summed E-state index contributed by atoms with van der Waals surface area (Å²) in [5, 5.41) is 3.67. The van der Waals surface area contributed by atoms with E-state index in [1.165, 1.54) is 30.6 Å². The monoisotopic (exact) mass is 281 g/mol. The van der Waals surface area contributed by atoms with E-state index in [4.69, 9.17) is 11.6 Å². The van der Waals surface area contributed by atoms with Crippen molar-refractivity contribution >= 4 is 23.2 Å². The van der Waals surface area contributed by atoms with Gasteiger partial charge in [0.1, 0.15) is 0 Å². The first-order valence-electron chi connectivity index (χ1n) is 7.05. The van der Waals surface area contributed by atoms with Crippen LogP contribution in [0.3, 0.4) is 0 Å². The highest BCUT2D eigenvalue weighted by Crippen LogP contribution is 2.22. The van der Waals surface area contributed by atoms with Crippen LogP contribution in [0, 0.1) is 6.92 Å². The quantitative estimate of drug-likeness (QED) is 0.874. The van der Waals surface area contributed by atoms with Gasteiger partial charge in [-0.05, 0) is 50.3 Å². The molecule has 19 heavy (non-hydrogen) atoms. The standard InChI is InChI=1S/C15H21ClN2O/c1-12-13(16)7-6-8-14(12)17-15(19)11-18-9-4-2-3-5-10-18/h6-8H,2-5,9-11H2,1H3,(H,17,19)/p+1. The molecule has 1 amide bonds. The molecule has 4 heteroatoms. The molecule has 1 heterocycles. The summed E-state index contributed by atoms with van der Waals surface area (Å²) in [4.78, 5) is 13.5. The Morgan fingerprint density at radius 2 is 1.95 bits per heavy atom. The van der Waals surface area contributed by atoms with Crippen LogP contribution in [0.5, 0.6) is 0 Å². The molecule has 0 bridgehead atoms. The van der Waals surface area contributed by atoms with Crippen molar-refractivity contribution in [3.05, 3.63) is 28.8 Å².